The van der Waals surface area contributed by atoms with Gasteiger partial charge in [0.1, 0.15) is 6.04 Å². The second-order valence-electron chi connectivity index (χ2n) is 12.0. The highest BCUT2D eigenvalue weighted by atomic mass is 19.4. The Kier molecular flexibility index (Phi) is 9.08. The highest BCUT2D eigenvalue weighted by Gasteiger charge is 2.63. The molecule has 0 spiro atoms. The lowest BCUT2D eigenvalue weighted by molar-refractivity contribution is -1.19. The first-order valence-electron chi connectivity index (χ1n) is 14.0. The SMILES string of the molecule is C=CC(=O)NCC1CC2C(C[N+]2(N)ON(C)CC2CCCC(C(N)=O)C2)N(C2CCC(C(F)(F)F)CC2)C1. The van der Waals surface area contributed by atoms with Gasteiger partial charge in [-0.1, -0.05) is 22.7 Å². The molecular weight excluding hydrogens is 501 g/mol. The van der Waals surface area contributed by atoms with Crippen molar-refractivity contribution in [1.82, 2.24) is 15.3 Å². The lowest BCUT2D eigenvalue weighted by atomic mass is 9.77. The smallest absolute Gasteiger partial charge is 0.369 e. The minimum absolute atomic E-state index is 0.0538. The van der Waals surface area contributed by atoms with Crippen molar-refractivity contribution in [3.63, 3.8) is 0 Å². The summed E-state index contributed by atoms with van der Waals surface area (Å²) in [4.78, 5) is 32.1. The molecule has 12 heteroatoms. The van der Waals surface area contributed by atoms with Crippen molar-refractivity contribution in [2.75, 3.05) is 33.2 Å². The van der Waals surface area contributed by atoms with Crippen LogP contribution in [0.25, 0.3) is 0 Å². The van der Waals surface area contributed by atoms with E-state index >= 15 is 0 Å². The van der Waals surface area contributed by atoms with Crippen LogP contribution in [0.5, 0.6) is 0 Å². The standard InChI is InChI=1S/C26H43F3N6O3/c1-3-24(36)32-13-18-12-23-22(34(15-18)21-9-7-20(8-10-21)26(27,28)29)16-35(23,31)38-33(2)14-17-5-4-6-19(11-17)25(30)37/h3,17-23H,1,4-16,31H2,2H3,(H2-,30,32,36,37)/p+1. The van der Waals surface area contributed by atoms with E-state index in [1.165, 1.54) is 6.08 Å². The fourth-order valence-corrected chi connectivity index (χ4v) is 7.30. The summed E-state index contributed by atoms with van der Waals surface area (Å²) in [5, 5.41) is 4.65. The maximum absolute atomic E-state index is 13.3. The van der Waals surface area contributed by atoms with E-state index in [0.29, 0.717) is 44.9 Å². The summed E-state index contributed by atoms with van der Waals surface area (Å²) in [5.41, 5.74) is 5.54. The number of amides is 2. The summed E-state index contributed by atoms with van der Waals surface area (Å²) in [5.74, 6) is 5.36. The molecule has 5 N–H and O–H groups in total. The molecule has 2 amide bonds. The zero-order chi connectivity index (χ0) is 27.7. The number of nitrogens with two attached hydrogens (primary N) is 2. The van der Waals surface area contributed by atoms with E-state index in [1.54, 1.807) is 5.06 Å². The number of primary amides is 1. The molecule has 2 heterocycles. The van der Waals surface area contributed by atoms with Crippen molar-refractivity contribution >= 4 is 11.8 Å². The third-order valence-corrected chi connectivity index (χ3v) is 9.32. The molecule has 0 aromatic heterocycles. The van der Waals surface area contributed by atoms with Crippen LogP contribution in [-0.2, 0) is 14.5 Å². The van der Waals surface area contributed by atoms with Crippen molar-refractivity contribution in [3.05, 3.63) is 12.7 Å². The fourth-order valence-electron chi connectivity index (χ4n) is 7.30. The van der Waals surface area contributed by atoms with E-state index in [1.807, 2.05) is 7.05 Å². The predicted octanol–water partition coefficient (Wildman–Crippen LogP) is 2.24. The molecule has 216 valence electrons. The fraction of sp³-hybridized carbons (Fsp3) is 0.846. The minimum Gasteiger partial charge on any atom is -0.369 e. The Morgan fingerprint density at radius 1 is 1.16 bits per heavy atom. The molecule has 0 bridgehead atoms. The average Bonchev–Trinajstić information content (AvgIpc) is 2.86. The summed E-state index contributed by atoms with van der Waals surface area (Å²) in [6, 6.07) is 0.140. The monoisotopic (exact) mass is 545 g/mol. The number of hydrogen-bond donors (Lipinski definition) is 3. The van der Waals surface area contributed by atoms with Crippen molar-refractivity contribution in [2.45, 2.75) is 82.1 Å². The molecule has 0 aromatic rings. The number of nitrogens with one attached hydrogen (secondary N) is 1. The number of nitrogens with zero attached hydrogens (tertiary/aromatic N) is 3. The zero-order valence-corrected chi connectivity index (χ0v) is 22.4. The Morgan fingerprint density at radius 2 is 1.87 bits per heavy atom. The van der Waals surface area contributed by atoms with E-state index in [-0.39, 0.29) is 59.4 Å². The number of rotatable bonds is 9. The maximum Gasteiger partial charge on any atom is 0.391 e. The normalized spacial score (nSPS) is 38.2. The molecule has 0 radical (unpaired) electrons. The number of fused-ring (bicyclic) bond motifs is 1. The number of carbonyl (C=O) groups excluding carboxylic acids is 2. The molecule has 9 nitrogen and oxygen atoms in total. The first-order chi connectivity index (χ1) is 17.9. The van der Waals surface area contributed by atoms with Crippen LogP contribution in [0.1, 0.15) is 57.8 Å². The molecule has 4 fully saturated rings. The van der Waals surface area contributed by atoms with Gasteiger partial charge in [-0.15, -0.1) is 10.9 Å². The molecule has 2 aliphatic heterocycles. The number of hydroxylamine groups is 4. The number of carbonyl (C=O) groups is 2. The average molecular weight is 546 g/mol. The number of likely N-dealkylation sites (tertiary alicyclic amines) is 1. The number of halogens is 3. The largest absolute Gasteiger partial charge is 0.391 e. The van der Waals surface area contributed by atoms with Gasteiger partial charge in [0.25, 0.3) is 0 Å². The predicted molar refractivity (Wildman–Crippen MR) is 135 cm³/mol. The Hall–Kier alpha value is -1.73. The van der Waals surface area contributed by atoms with Crippen LogP contribution >= 0.6 is 0 Å². The minimum atomic E-state index is -4.14. The molecule has 6 unspecified atom stereocenters. The van der Waals surface area contributed by atoms with Crippen molar-refractivity contribution in [2.24, 2.45) is 35.2 Å². The van der Waals surface area contributed by atoms with Crippen LogP contribution in [0.4, 0.5) is 13.2 Å². The molecular formula is C26H44F3N6O3+. The van der Waals surface area contributed by atoms with Gasteiger partial charge in [0.2, 0.25) is 11.8 Å². The van der Waals surface area contributed by atoms with Crippen LogP contribution in [0.2, 0.25) is 0 Å². The molecule has 4 aliphatic rings. The maximum atomic E-state index is 13.3. The van der Waals surface area contributed by atoms with Crippen LogP contribution in [0.3, 0.4) is 0 Å². The van der Waals surface area contributed by atoms with E-state index < -0.39 is 12.1 Å². The molecule has 2 saturated carbocycles. The van der Waals surface area contributed by atoms with Crippen LogP contribution in [-0.4, -0.2) is 84.1 Å². The Morgan fingerprint density at radius 3 is 2.50 bits per heavy atom. The molecule has 2 aliphatic carbocycles. The van der Waals surface area contributed by atoms with E-state index in [4.69, 9.17) is 16.5 Å². The lowest BCUT2D eigenvalue weighted by Gasteiger charge is -2.59. The van der Waals surface area contributed by atoms with Crippen molar-refractivity contribution < 1.29 is 32.5 Å². The summed E-state index contributed by atoms with van der Waals surface area (Å²) >= 11 is 0. The van der Waals surface area contributed by atoms with Crippen LogP contribution < -0.4 is 16.9 Å². The number of piperidine rings is 1. The van der Waals surface area contributed by atoms with Gasteiger partial charge in [0, 0.05) is 45.1 Å². The quantitative estimate of drug-likeness (QED) is 0.177. The summed E-state index contributed by atoms with van der Waals surface area (Å²) in [7, 11) is 1.86. The van der Waals surface area contributed by atoms with Gasteiger partial charge >= 0.3 is 6.18 Å². The topological polar surface area (TPSA) is 114 Å². The van der Waals surface area contributed by atoms with Gasteiger partial charge in [0.05, 0.1) is 5.92 Å². The summed E-state index contributed by atoms with van der Waals surface area (Å²) in [6.07, 6.45) is 2.71. The summed E-state index contributed by atoms with van der Waals surface area (Å²) in [6.45, 7) is 5.87. The van der Waals surface area contributed by atoms with Crippen molar-refractivity contribution in [1.29, 1.82) is 0 Å². The Labute approximate surface area is 223 Å². The third-order valence-electron chi connectivity index (χ3n) is 9.32. The molecule has 38 heavy (non-hydrogen) atoms. The Balaban J connectivity index is 1.39. The molecule has 6 atom stereocenters. The van der Waals surface area contributed by atoms with Gasteiger partial charge < -0.3 is 11.1 Å². The number of alkyl halides is 3. The van der Waals surface area contributed by atoms with E-state index in [0.717, 1.165) is 32.1 Å². The summed E-state index contributed by atoms with van der Waals surface area (Å²) < 4.78 is 39.7. The van der Waals surface area contributed by atoms with E-state index in [2.05, 4.69) is 16.8 Å². The van der Waals surface area contributed by atoms with Crippen LogP contribution in [0.15, 0.2) is 12.7 Å². The lowest BCUT2D eigenvalue weighted by Crippen LogP contribution is -2.84. The van der Waals surface area contributed by atoms with E-state index in [9.17, 15) is 22.8 Å². The highest BCUT2D eigenvalue weighted by molar-refractivity contribution is 5.86. The molecule has 2 saturated heterocycles. The first-order valence-corrected chi connectivity index (χ1v) is 14.0. The van der Waals surface area contributed by atoms with Gasteiger partial charge in [-0.3, -0.25) is 14.5 Å². The highest BCUT2D eigenvalue weighted by Crippen LogP contribution is 2.44. The van der Waals surface area contributed by atoms with Gasteiger partial charge in [-0.05, 0) is 62.9 Å². The molecule has 4 rings (SSSR count). The van der Waals surface area contributed by atoms with Gasteiger partial charge in [-0.25, -0.2) is 0 Å². The molecule has 0 aromatic carbocycles. The second kappa shape index (κ2) is 11.8. The second-order valence-corrected chi connectivity index (χ2v) is 12.0. The number of quaternary nitrogens is 1. The van der Waals surface area contributed by atoms with Crippen LogP contribution in [0, 0.1) is 23.7 Å². The Bertz CT molecular complexity index is 868. The third kappa shape index (κ3) is 6.70. The zero-order valence-electron chi connectivity index (χ0n) is 22.4. The number of hydrogen-bond acceptors (Lipinski definition) is 6. The van der Waals surface area contributed by atoms with Gasteiger partial charge in [-0.2, -0.15) is 13.2 Å². The first kappa shape index (κ1) is 29.3. The van der Waals surface area contributed by atoms with Crippen molar-refractivity contribution in [3.8, 4) is 0 Å². The van der Waals surface area contributed by atoms with Gasteiger partial charge in [0.15, 0.2) is 12.6 Å².